The Balaban J connectivity index is 1.65. The summed E-state index contributed by atoms with van der Waals surface area (Å²) in [4.78, 5) is 16.9. The van der Waals surface area contributed by atoms with Crippen LogP contribution in [0.2, 0.25) is 0 Å². The summed E-state index contributed by atoms with van der Waals surface area (Å²) in [6.45, 7) is 7.91. The molecule has 2 aromatic rings. The van der Waals surface area contributed by atoms with Gasteiger partial charge in [0, 0.05) is 38.3 Å². The second-order valence-electron chi connectivity index (χ2n) is 5.82. The Morgan fingerprint density at radius 3 is 2.42 bits per heavy atom. The molecule has 3 rings (SSSR count). The van der Waals surface area contributed by atoms with Crippen LogP contribution in [-0.4, -0.2) is 48.4 Å². The summed E-state index contributed by atoms with van der Waals surface area (Å²) in [6, 6.07) is 17.0. The summed E-state index contributed by atoms with van der Waals surface area (Å²) < 4.78 is 5.82. The summed E-state index contributed by atoms with van der Waals surface area (Å²) in [6.07, 6.45) is 1.90. The third-order valence-corrected chi connectivity index (χ3v) is 4.11. The third-order valence-electron chi connectivity index (χ3n) is 4.11. The van der Waals surface area contributed by atoms with Crippen molar-refractivity contribution in [1.82, 2.24) is 9.80 Å². The lowest BCUT2D eigenvalue weighted by atomic mass is 10.1. The number of piperazine rings is 1. The number of carbonyl (C=O) groups excluding carboxylic acids is 1. The predicted octanol–water partition coefficient (Wildman–Crippen LogP) is 3.42. The molecule has 1 aliphatic rings. The van der Waals surface area contributed by atoms with Crippen molar-refractivity contribution < 1.29 is 9.53 Å². The van der Waals surface area contributed by atoms with E-state index in [0.717, 1.165) is 38.5 Å². The second kappa shape index (κ2) is 7.79. The van der Waals surface area contributed by atoms with Gasteiger partial charge in [-0.2, -0.15) is 0 Å². The van der Waals surface area contributed by atoms with Gasteiger partial charge in [0.1, 0.15) is 11.5 Å². The molecule has 24 heavy (non-hydrogen) atoms. The minimum absolute atomic E-state index is 0.0618. The van der Waals surface area contributed by atoms with Gasteiger partial charge in [-0.15, -0.1) is 6.58 Å². The Bertz CT molecular complexity index is 692. The Morgan fingerprint density at radius 2 is 1.71 bits per heavy atom. The third kappa shape index (κ3) is 4.03. The van der Waals surface area contributed by atoms with E-state index >= 15 is 0 Å². The fourth-order valence-corrected chi connectivity index (χ4v) is 2.82. The van der Waals surface area contributed by atoms with Crippen molar-refractivity contribution in [3.8, 4) is 11.5 Å². The van der Waals surface area contributed by atoms with Crippen molar-refractivity contribution in [2.45, 2.75) is 0 Å². The monoisotopic (exact) mass is 322 g/mol. The van der Waals surface area contributed by atoms with E-state index in [1.165, 1.54) is 0 Å². The van der Waals surface area contributed by atoms with Crippen LogP contribution >= 0.6 is 0 Å². The number of carbonyl (C=O) groups is 1. The van der Waals surface area contributed by atoms with Crippen LogP contribution in [0.1, 0.15) is 10.4 Å². The Morgan fingerprint density at radius 1 is 1.00 bits per heavy atom. The van der Waals surface area contributed by atoms with Crippen LogP contribution in [0.5, 0.6) is 11.5 Å². The van der Waals surface area contributed by atoms with Crippen LogP contribution in [0, 0.1) is 0 Å². The van der Waals surface area contributed by atoms with Crippen LogP contribution in [0.4, 0.5) is 0 Å². The van der Waals surface area contributed by atoms with Crippen LogP contribution in [0.15, 0.2) is 67.3 Å². The van der Waals surface area contributed by atoms with Gasteiger partial charge in [-0.3, -0.25) is 9.69 Å². The number of amides is 1. The number of rotatable bonds is 5. The molecule has 0 N–H and O–H groups in total. The maximum atomic E-state index is 12.7. The first-order valence-corrected chi connectivity index (χ1v) is 8.22. The van der Waals surface area contributed by atoms with Crippen LogP contribution in [-0.2, 0) is 0 Å². The van der Waals surface area contributed by atoms with Gasteiger partial charge in [-0.25, -0.2) is 0 Å². The molecule has 0 bridgehead atoms. The molecule has 0 radical (unpaired) electrons. The molecule has 0 unspecified atom stereocenters. The first-order valence-electron chi connectivity index (χ1n) is 8.22. The van der Waals surface area contributed by atoms with E-state index in [1.54, 1.807) is 0 Å². The van der Waals surface area contributed by atoms with Crippen molar-refractivity contribution in [1.29, 1.82) is 0 Å². The fourth-order valence-electron chi connectivity index (χ4n) is 2.82. The first kappa shape index (κ1) is 16.3. The molecule has 1 aliphatic heterocycles. The van der Waals surface area contributed by atoms with E-state index in [0.29, 0.717) is 11.3 Å². The molecule has 0 aromatic heterocycles. The molecule has 0 spiro atoms. The largest absolute Gasteiger partial charge is 0.457 e. The van der Waals surface area contributed by atoms with Crippen LogP contribution < -0.4 is 4.74 Å². The van der Waals surface area contributed by atoms with Gasteiger partial charge in [0.15, 0.2) is 0 Å². The highest BCUT2D eigenvalue weighted by atomic mass is 16.5. The first-order chi connectivity index (χ1) is 11.8. The Kier molecular flexibility index (Phi) is 5.29. The maximum Gasteiger partial charge on any atom is 0.254 e. The molecule has 0 saturated carbocycles. The normalized spacial score (nSPS) is 15.1. The Labute approximate surface area is 143 Å². The number of benzene rings is 2. The van der Waals surface area contributed by atoms with Crippen LogP contribution in [0.3, 0.4) is 0 Å². The van der Waals surface area contributed by atoms with E-state index < -0.39 is 0 Å². The van der Waals surface area contributed by atoms with Gasteiger partial charge < -0.3 is 9.64 Å². The lowest BCUT2D eigenvalue weighted by Crippen LogP contribution is -2.48. The van der Waals surface area contributed by atoms with Crippen LogP contribution in [0.25, 0.3) is 0 Å². The highest BCUT2D eigenvalue weighted by molar-refractivity contribution is 5.94. The SMILES string of the molecule is C=CCN1CCN(C(=O)c2cccc(Oc3ccccc3)c2)CC1. The van der Waals surface area contributed by atoms with E-state index in [-0.39, 0.29) is 5.91 Å². The molecule has 1 fully saturated rings. The molecule has 4 heteroatoms. The fraction of sp³-hybridized carbons (Fsp3) is 0.250. The lowest BCUT2D eigenvalue weighted by Gasteiger charge is -2.34. The summed E-state index contributed by atoms with van der Waals surface area (Å²) in [5, 5.41) is 0. The van der Waals surface area contributed by atoms with Gasteiger partial charge in [0.2, 0.25) is 0 Å². The van der Waals surface area contributed by atoms with E-state index in [4.69, 9.17) is 4.74 Å². The van der Waals surface area contributed by atoms with Crippen molar-refractivity contribution in [3.05, 3.63) is 72.8 Å². The number of ether oxygens (including phenoxy) is 1. The number of nitrogens with zero attached hydrogens (tertiary/aromatic N) is 2. The molecular weight excluding hydrogens is 300 g/mol. The second-order valence-corrected chi connectivity index (χ2v) is 5.82. The molecule has 0 atom stereocenters. The molecule has 4 nitrogen and oxygen atoms in total. The number of para-hydroxylation sites is 1. The minimum atomic E-state index is 0.0618. The smallest absolute Gasteiger partial charge is 0.254 e. The quantitative estimate of drug-likeness (QED) is 0.791. The molecule has 1 amide bonds. The zero-order valence-electron chi connectivity index (χ0n) is 13.7. The van der Waals surface area contributed by atoms with Crippen molar-refractivity contribution in [3.63, 3.8) is 0 Å². The summed E-state index contributed by atoms with van der Waals surface area (Å²) in [5.41, 5.74) is 0.667. The average Bonchev–Trinajstić information content (AvgIpc) is 2.63. The highest BCUT2D eigenvalue weighted by Gasteiger charge is 2.21. The van der Waals surface area contributed by atoms with Gasteiger partial charge in [-0.1, -0.05) is 30.3 Å². The van der Waals surface area contributed by atoms with E-state index in [9.17, 15) is 4.79 Å². The van der Waals surface area contributed by atoms with Gasteiger partial charge in [0.25, 0.3) is 5.91 Å². The predicted molar refractivity (Wildman–Crippen MR) is 95.5 cm³/mol. The summed E-state index contributed by atoms with van der Waals surface area (Å²) >= 11 is 0. The van der Waals surface area contributed by atoms with E-state index in [2.05, 4.69) is 11.5 Å². The van der Waals surface area contributed by atoms with Gasteiger partial charge in [0.05, 0.1) is 0 Å². The summed E-state index contributed by atoms with van der Waals surface area (Å²) in [7, 11) is 0. The molecule has 1 saturated heterocycles. The molecular formula is C20H22N2O2. The molecule has 124 valence electrons. The van der Waals surface area contributed by atoms with Crippen molar-refractivity contribution in [2.24, 2.45) is 0 Å². The van der Waals surface area contributed by atoms with Crippen molar-refractivity contribution >= 4 is 5.91 Å². The molecule has 0 aliphatic carbocycles. The highest BCUT2D eigenvalue weighted by Crippen LogP contribution is 2.22. The maximum absolute atomic E-state index is 12.7. The molecule has 1 heterocycles. The zero-order chi connectivity index (χ0) is 16.8. The Hall–Kier alpha value is -2.59. The number of hydrogen-bond acceptors (Lipinski definition) is 3. The summed E-state index contributed by atoms with van der Waals surface area (Å²) in [5.74, 6) is 1.50. The van der Waals surface area contributed by atoms with Crippen molar-refractivity contribution in [2.75, 3.05) is 32.7 Å². The minimum Gasteiger partial charge on any atom is -0.457 e. The van der Waals surface area contributed by atoms with E-state index in [1.807, 2.05) is 65.6 Å². The zero-order valence-corrected chi connectivity index (χ0v) is 13.7. The lowest BCUT2D eigenvalue weighted by molar-refractivity contribution is 0.0650. The van der Waals surface area contributed by atoms with Gasteiger partial charge in [-0.05, 0) is 30.3 Å². The average molecular weight is 322 g/mol. The van der Waals surface area contributed by atoms with Gasteiger partial charge >= 0.3 is 0 Å². The topological polar surface area (TPSA) is 32.8 Å². The number of hydrogen-bond donors (Lipinski definition) is 0. The standard InChI is InChI=1S/C20H22N2O2/c1-2-11-21-12-14-22(15-13-21)20(23)17-7-6-10-19(16-17)24-18-8-4-3-5-9-18/h2-10,16H,1,11-15H2. The molecule has 2 aromatic carbocycles.